The topological polar surface area (TPSA) is 0 Å². The van der Waals surface area contributed by atoms with Crippen LogP contribution in [0.2, 0.25) is 0 Å². The van der Waals surface area contributed by atoms with Crippen molar-refractivity contribution in [1.29, 1.82) is 0 Å². The molecule has 0 atom stereocenters. The fourth-order valence-corrected chi connectivity index (χ4v) is 1.39. The monoisotopic (exact) mass is 292 g/mol. The number of hydrogen-bond acceptors (Lipinski definition) is 0. The fraction of sp³-hybridized carbons (Fsp3) is 0.111. The van der Waals surface area contributed by atoms with Gasteiger partial charge in [-0.1, -0.05) is 18.2 Å². The van der Waals surface area contributed by atoms with Crippen molar-refractivity contribution in [3.05, 3.63) is 38.5 Å². The van der Waals surface area contributed by atoms with Gasteiger partial charge >= 0.3 is 0 Å². The first-order chi connectivity index (χ1) is 5.61. The quantitative estimate of drug-likeness (QED) is 0.727. The van der Waals surface area contributed by atoms with Crippen LogP contribution >= 0.6 is 31.9 Å². The lowest BCUT2D eigenvalue weighted by Gasteiger charge is -1.99. The van der Waals surface area contributed by atoms with E-state index in [1.54, 1.807) is 25.1 Å². The summed E-state index contributed by atoms with van der Waals surface area (Å²) in [4.78, 5) is 0. The molecule has 3 heteroatoms. The smallest absolute Gasteiger partial charge is 0.133 e. The zero-order valence-corrected chi connectivity index (χ0v) is 9.62. The zero-order valence-electron chi connectivity index (χ0n) is 6.44. The molecule has 0 heterocycles. The lowest BCUT2D eigenvalue weighted by atomic mass is 10.1. The van der Waals surface area contributed by atoms with Crippen LogP contribution in [0.3, 0.4) is 0 Å². The van der Waals surface area contributed by atoms with E-state index in [1.807, 2.05) is 6.07 Å². The molecule has 0 N–H and O–H groups in total. The molecule has 1 rings (SSSR count). The van der Waals surface area contributed by atoms with Gasteiger partial charge in [0.1, 0.15) is 5.82 Å². The Bertz CT molecular complexity index is 314. The molecule has 0 aliphatic heterocycles. The summed E-state index contributed by atoms with van der Waals surface area (Å²) in [6, 6.07) is 5.30. The van der Waals surface area contributed by atoms with E-state index >= 15 is 0 Å². The summed E-state index contributed by atoms with van der Waals surface area (Å²) in [6.07, 6.45) is 1.68. The second-order valence-corrected chi connectivity index (χ2v) is 5.18. The number of rotatable bonds is 1. The molecule has 0 spiro atoms. The van der Waals surface area contributed by atoms with Crippen molar-refractivity contribution in [2.75, 3.05) is 0 Å². The van der Waals surface area contributed by atoms with E-state index in [9.17, 15) is 4.39 Å². The van der Waals surface area contributed by atoms with Gasteiger partial charge in [-0.25, -0.2) is 4.39 Å². The largest absolute Gasteiger partial charge is 0.206 e. The summed E-state index contributed by atoms with van der Waals surface area (Å²) in [5.41, 5.74) is 1.24. The second-order valence-electron chi connectivity index (χ2n) is 2.41. The van der Waals surface area contributed by atoms with Crippen LogP contribution in [-0.2, 0) is 0 Å². The maximum Gasteiger partial charge on any atom is 0.133 e. The maximum absolute atomic E-state index is 13.3. The van der Waals surface area contributed by atoms with Crippen molar-refractivity contribution in [1.82, 2.24) is 0 Å². The Kier molecular flexibility index (Phi) is 3.47. The minimum absolute atomic E-state index is 0.172. The molecule has 0 aromatic heterocycles. The van der Waals surface area contributed by atoms with Gasteiger partial charge < -0.3 is 0 Å². The fourth-order valence-electron chi connectivity index (χ4n) is 0.899. The van der Waals surface area contributed by atoms with Crippen LogP contribution in [0.4, 0.5) is 4.39 Å². The third-order valence-electron chi connectivity index (χ3n) is 1.49. The predicted octanol–water partition coefficient (Wildman–Crippen LogP) is 4.22. The molecule has 0 nitrogen and oxygen atoms in total. The van der Waals surface area contributed by atoms with Crippen molar-refractivity contribution >= 4 is 37.9 Å². The summed E-state index contributed by atoms with van der Waals surface area (Å²) >= 11 is 6.36. The van der Waals surface area contributed by atoms with Gasteiger partial charge in [0.15, 0.2) is 0 Å². The molecule has 0 aliphatic rings. The van der Waals surface area contributed by atoms with Crippen LogP contribution in [0.25, 0.3) is 6.08 Å². The number of benzene rings is 1. The van der Waals surface area contributed by atoms with E-state index in [0.29, 0.717) is 11.1 Å². The van der Waals surface area contributed by atoms with E-state index in [2.05, 4.69) is 31.9 Å². The molecule has 1 aromatic rings. The van der Waals surface area contributed by atoms with Crippen LogP contribution in [0.15, 0.2) is 21.6 Å². The first kappa shape index (κ1) is 9.93. The van der Waals surface area contributed by atoms with Gasteiger partial charge in [0, 0.05) is 5.56 Å². The summed E-state index contributed by atoms with van der Waals surface area (Å²) in [5.74, 6) is -0.172. The average molecular weight is 294 g/mol. The first-order valence-corrected chi connectivity index (χ1v) is 4.97. The summed E-state index contributed by atoms with van der Waals surface area (Å²) < 4.78 is 14.0. The van der Waals surface area contributed by atoms with E-state index in [0.717, 1.165) is 3.39 Å². The molecular formula is C9H7Br2F. The number of aryl methyl sites for hydroxylation is 1. The van der Waals surface area contributed by atoms with Gasteiger partial charge in [-0.15, -0.1) is 0 Å². The predicted molar refractivity (Wildman–Crippen MR) is 57.0 cm³/mol. The maximum atomic E-state index is 13.3. The van der Waals surface area contributed by atoms with E-state index < -0.39 is 0 Å². The zero-order chi connectivity index (χ0) is 9.14. The molecule has 0 amide bonds. The van der Waals surface area contributed by atoms with Crippen LogP contribution in [0.1, 0.15) is 11.1 Å². The van der Waals surface area contributed by atoms with E-state index in [1.165, 1.54) is 0 Å². The van der Waals surface area contributed by atoms with E-state index in [4.69, 9.17) is 0 Å². The highest BCUT2D eigenvalue weighted by molar-refractivity contribution is 9.28. The van der Waals surface area contributed by atoms with E-state index in [-0.39, 0.29) is 5.82 Å². The first-order valence-electron chi connectivity index (χ1n) is 3.39. The minimum atomic E-state index is -0.172. The Morgan fingerprint density at radius 2 is 2.08 bits per heavy atom. The third-order valence-corrected chi connectivity index (χ3v) is 1.94. The summed E-state index contributed by atoms with van der Waals surface area (Å²) in [5, 5.41) is 0. The molecule has 0 radical (unpaired) electrons. The Labute approximate surface area is 87.7 Å². The standard InChI is InChI=1S/C9H7Br2F/c1-6-3-2-4-7(9(6)12)5-8(10)11/h2-5H,1H3. The Morgan fingerprint density at radius 3 is 2.67 bits per heavy atom. The van der Waals surface area contributed by atoms with Crippen LogP contribution in [0, 0.1) is 12.7 Å². The highest BCUT2D eigenvalue weighted by atomic mass is 79.9. The van der Waals surface area contributed by atoms with Crippen molar-refractivity contribution in [3.63, 3.8) is 0 Å². The number of halogens is 3. The van der Waals surface area contributed by atoms with Crippen LogP contribution in [-0.4, -0.2) is 0 Å². The lowest BCUT2D eigenvalue weighted by molar-refractivity contribution is 0.616. The van der Waals surface area contributed by atoms with Gasteiger partial charge in [0.2, 0.25) is 0 Å². The minimum Gasteiger partial charge on any atom is -0.206 e. The Balaban J connectivity index is 3.17. The molecule has 0 unspecified atom stereocenters. The van der Waals surface area contributed by atoms with Crippen LogP contribution < -0.4 is 0 Å². The summed E-state index contributed by atoms with van der Waals surface area (Å²) in [6.45, 7) is 1.74. The molecule has 0 saturated carbocycles. The lowest BCUT2D eigenvalue weighted by Crippen LogP contribution is -1.85. The molecular weight excluding hydrogens is 287 g/mol. The second kappa shape index (κ2) is 4.19. The highest BCUT2D eigenvalue weighted by Crippen LogP contribution is 2.21. The third kappa shape index (κ3) is 2.42. The Hall–Kier alpha value is -0.150. The van der Waals surface area contributed by atoms with Crippen LogP contribution in [0.5, 0.6) is 0 Å². The normalized spacial score (nSPS) is 9.67. The molecule has 0 saturated heterocycles. The highest BCUT2D eigenvalue weighted by Gasteiger charge is 2.01. The van der Waals surface area contributed by atoms with Gasteiger partial charge in [-0.05, 0) is 50.4 Å². The van der Waals surface area contributed by atoms with Gasteiger partial charge in [0.05, 0.1) is 3.39 Å². The number of hydrogen-bond donors (Lipinski definition) is 0. The molecule has 1 aromatic carbocycles. The van der Waals surface area contributed by atoms with Crippen molar-refractivity contribution in [3.8, 4) is 0 Å². The summed E-state index contributed by atoms with van der Waals surface area (Å²) in [7, 11) is 0. The molecule has 0 fully saturated rings. The van der Waals surface area contributed by atoms with Crippen molar-refractivity contribution in [2.45, 2.75) is 6.92 Å². The molecule has 12 heavy (non-hydrogen) atoms. The Morgan fingerprint density at radius 1 is 1.42 bits per heavy atom. The average Bonchev–Trinajstić information content (AvgIpc) is 1.98. The van der Waals surface area contributed by atoms with Gasteiger partial charge in [0.25, 0.3) is 0 Å². The van der Waals surface area contributed by atoms with Crippen molar-refractivity contribution < 1.29 is 4.39 Å². The van der Waals surface area contributed by atoms with Gasteiger partial charge in [-0.2, -0.15) is 0 Å². The van der Waals surface area contributed by atoms with Crippen molar-refractivity contribution in [2.24, 2.45) is 0 Å². The molecule has 0 aliphatic carbocycles. The molecule has 64 valence electrons. The van der Waals surface area contributed by atoms with Gasteiger partial charge in [-0.3, -0.25) is 0 Å². The SMILES string of the molecule is Cc1cccc(C=C(Br)Br)c1F. The molecule has 0 bridgehead atoms.